The van der Waals surface area contributed by atoms with E-state index in [4.69, 9.17) is 4.42 Å². The van der Waals surface area contributed by atoms with E-state index in [0.717, 1.165) is 55.8 Å². The summed E-state index contributed by atoms with van der Waals surface area (Å²) in [6.45, 7) is 13.2. The molecule has 0 aliphatic carbocycles. The van der Waals surface area contributed by atoms with Crippen LogP contribution < -0.4 is 0 Å². The van der Waals surface area contributed by atoms with E-state index in [1.807, 2.05) is 16.8 Å². The molecule has 6 rings (SSSR count). The summed E-state index contributed by atoms with van der Waals surface area (Å²) in [7, 11) is 0. The Kier molecular flexibility index (Phi) is 5.42. The smallest absolute Gasteiger partial charge is 0.336 e. The lowest BCUT2D eigenvalue weighted by atomic mass is 9.86. The van der Waals surface area contributed by atoms with Crippen molar-refractivity contribution >= 4 is 34.2 Å². The van der Waals surface area contributed by atoms with Crippen LogP contribution in [0.4, 0.5) is 0 Å². The second-order valence-corrected chi connectivity index (χ2v) is 10.9. The zero-order valence-electron chi connectivity index (χ0n) is 21.9. The van der Waals surface area contributed by atoms with Crippen molar-refractivity contribution < 1.29 is 8.99 Å². The molecular formula is C35H31NO. The molecule has 1 aliphatic rings. The molecule has 1 aliphatic heterocycles. The Morgan fingerprint density at radius 2 is 1.57 bits per heavy atom. The molecular weight excluding hydrogens is 450 g/mol. The van der Waals surface area contributed by atoms with E-state index in [1.165, 1.54) is 11.1 Å². The standard InChI is InChI=1S/C35H31NO/c1-23-14-19-30-29-13-9-12-28(25-15-17-27(18-16-25)35(2,3)4)33(29)37-34(30)32(23)31-22-26(20-21-36(31)5)24-10-7-6-8-11-24/h6-22H,5H2,1-4H3. The summed E-state index contributed by atoms with van der Waals surface area (Å²) in [5.41, 5.74) is 10.1. The van der Waals surface area contributed by atoms with Crippen LogP contribution in [0.15, 0.2) is 108 Å². The van der Waals surface area contributed by atoms with Gasteiger partial charge in [-0.25, -0.2) is 0 Å². The summed E-state index contributed by atoms with van der Waals surface area (Å²) in [5, 5.41) is 2.25. The van der Waals surface area contributed by atoms with Gasteiger partial charge in [0.25, 0.3) is 5.58 Å². The Morgan fingerprint density at radius 1 is 0.811 bits per heavy atom. The molecule has 0 fully saturated rings. The van der Waals surface area contributed by atoms with Gasteiger partial charge in [-0.05, 0) is 34.2 Å². The van der Waals surface area contributed by atoms with Crippen LogP contribution in [0.2, 0.25) is 0 Å². The van der Waals surface area contributed by atoms with E-state index < -0.39 is 0 Å². The van der Waals surface area contributed by atoms with Crippen molar-refractivity contribution in [2.24, 2.45) is 0 Å². The molecule has 0 bridgehead atoms. The fraction of sp³-hybridized carbons (Fsp3) is 0.143. The average Bonchev–Trinajstić information content (AvgIpc) is 3.28. The van der Waals surface area contributed by atoms with Crippen molar-refractivity contribution in [3.63, 3.8) is 0 Å². The van der Waals surface area contributed by atoms with E-state index in [-0.39, 0.29) is 5.41 Å². The first kappa shape index (κ1) is 23.1. The van der Waals surface area contributed by atoms with Gasteiger partial charge in [0.05, 0.1) is 23.2 Å². The summed E-state index contributed by atoms with van der Waals surface area (Å²) in [5.74, 6) is 0. The zero-order valence-corrected chi connectivity index (χ0v) is 21.9. The van der Waals surface area contributed by atoms with E-state index in [2.05, 4.69) is 125 Å². The Labute approximate surface area is 218 Å². The number of allylic oxidation sites excluding steroid dienone is 2. The SMILES string of the molecule is C=[N+]1C=CC(c2ccccc2)=C[C-]1c1c(C)ccc2c3cccc(-c4ccc(C(C)(C)C)cc4)c3[o+][c-]12. The van der Waals surface area contributed by atoms with Crippen molar-refractivity contribution in [2.75, 3.05) is 0 Å². The summed E-state index contributed by atoms with van der Waals surface area (Å²) < 4.78 is 8.70. The van der Waals surface area contributed by atoms with E-state index >= 15 is 0 Å². The van der Waals surface area contributed by atoms with Crippen LogP contribution in [-0.2, 0) is 5.41 Å². The Bertz CT molecular complexity index is 1710. The van der Waals surface area contributed by atoms with Gasteiger partial charge < -0.3 is 4.58 Å². The zero-order chi connectivity index (χ0) is 25.7. The van der Waals surface area contributed by atoms with Crippen LogP contribution in [0.1, 0.15) is 43.0 Å². The summed E-state index contributed by atoms with van der Waals surface area (Å²) in [6.07, 6.45) is 6.35. The van der Waals surface area contributed by atoms with Crippen LogP contribution in [0.3, 0.4) is 0 Å². The van der Waals surface area contributed by atoms with Crippen LogP contribution in [0.25, 0.3) is 38.6 Å². The molecule has 0 spiro atoms. The van der Waals surface area contributed by atoms with E-state index in [0.29, 0.717) is 0 Å². The Balaban J connectivity index is 1.53. The number of para-hydroxylation sites is 1. The minimum atomic E-state index is 0.119. The number of hydrogen-bond donors (Lipinski definition) is 0. The largest absolute Gasteiger partial charge is 0.352 e. The van der Waals surface area contributed by atoms with Crippen LogP contribution in [0.5, 0.6) is 0 Å². The monoisotopic (exact) mass is 481 g/mol. The minimum absolute atomic E-state index is 0.119. The van der Waals surface area contributed by atoms with Gasteiger partial charge in [0.2, 0.25) is 0 Å². The number of rotatable bonds is 3. The Morgan fingerprint density at radius 3 is 2.30 bits per heavy atom. The van der Waals surface area contributed by atoms with Gasteiger partial charge >= 0.3 is 5.58 Å². The molecule has 0 saturated heterocycles. The highest BCUT2D eigenvalue weighted by Crippen LogP contribution is 2.41. The maximum absolute atomic E-state index is 6.76. The third-order valence-electron chi connectivity index (χ3n) is 7.34. The van der Waals surface area contributed by atoms with Gasteiger partial charge in [0, 0.05) is 12.1 Å². The van der Waals surface area contributed by atoms with Crippen LogP contribution in [-0.4, -0.2) is 11.3 Å². The predicted molar refractivity (Wildman–Crippen MR) is 156 cm³/mol. The lowest BCUT2D eigenvalue weighted by Crippen LogP contribution is -2.15. The van der Waals surface area contributed by atoms with Crippen LogP contribution >= 0.6 is 0 Å². The molecule has 0 radical (unpaired) electrons. The summed E-state index contributed by atoms with van der Waals surface area (Å²) >= 11 is 0. The second-order valence-electron chi connectivity index (χ2n) is 10.9. The second kappa shape index (κ2) is 8.67. The van der Waals surface area contributed by atoms with Gasteiger partial charge in [-0.1, -0.05) is 106 Å². The molecule has 0 N–H and O–H groups in total. The maximum Gasteiger partial charge on any atom is 0.352 e. The van der Waals surface area contributed by atoms with Gasteiger partial charge in [-0.3, -0.25) is 4.42 Å². The first-order chi connectivity index (χ1) is 17.8. The van der Waals surface area contributed by atoms with Gasteiger partial charge in [0.15, 0.2) is 0 Å². The first-order valence-corrected chi connectivity index (χ1v) is 12.8. The van der Waals surface area contributed by atoms with Gasteiger partial charge in [0.1, 0.15) is 0 Å². The summed E-state index contributed by atoms with van der Waals surface area (Å²) in [4.78, 5) is 0. The van der Waals surface area contributed by atoms with Crippen molar-refractivity contribution in [3.8, 4) is 11.1 Å². The summed E-state index contributed by atoms with van der Waals surface area (Å²) in [6, 6.07) is 31.2. The molecule has 0 unspecified atom stereocenters. The first-order valence-electron chi connectivity index (χ1n) is 12.8. The molecule has 0 saturated carbocycles. The van der Waals surface area contributed by atoms with E-state index in [1.54, 1.807) is 0 Å². The molecule has 5 aromatic rings. The topological polar surface area (TPSA) is 14.3 Å². The third kappa shape index (κ3) is 3.99. The number of nitrogens with zero attached hydrogens (tertiary/aromatic N) is 1. The van der Waals surface area contributed by atoms with Crippen molar-refractivity contribution in [3.05, 3.63) is 132 Å². The van der Waals surface area contributed by atoms with Gasteiger partial charge in [-0.15, -0.1) is 23.3 Å². The highest BCUT2D eigenvalue weighted by molar-refractivity contribution is 6.11. The van der Waals surface area contributed by atoms with Crippen molar-refractivity contribution in [1.29, 1.82) is 0 Å². The molecule has 2 heterocycles. The van der Waals surface area contributed by atoms with E-state index in [9.17, 15) is 0 Å². The fourth-order valence-electron chi connectivity index (χ4n) is 5.21. The lowest BCUT2D eigenvalue weighted by molar-refractivity contribution is -0.417. The molecule has 1 aromatic heterocycles. The predicted octanol–water partition coefficient (Wildman–Crippen LogP) is 9.06. The highest BCUT2D eigenvalue weighted by Gasteiger charge is 2.26. The van der Waals surface area contributed by atoms with Gasteiger partial charge in [-0.2, -0.15) is 0 Å². The van der Waals surface area contributed by atoms with Crippen molar-refractivity contribution in [1.82, 2.24) is 0 Å². The molecule has 2 nitrogen and oxygen atoms in total. The molecule has 0 atom stereocenters. The third-order valence-corrected chi connectivity index (χ3v) is 7.34. The van der Waals surface area contributed by atoms with Crippen molar-refractivity contribution in [2.45, 2.75) is 33.1 Å². The van der Waals surface area contributed by atoms with Crippen LogP contribution in [0, 0.1) is 13.0 Å². The molecule has 2 heteroatoms. The number of furan rings is 1. The maximum atomic E-state index is 6.76. The number of aryl methyl sites for hydroxylation is 1. The molecule has 182 valence electrons. The fourth-order valence-corrected chi connectivity index (χ4v) is 5.21. The molecule has 37 heavy (non-hydrogen) atoms. The Hall–Kier alpha value is -4.30. The normalized spacial score (nSPS) is 14.0. The molecule has 0 amide bonds. The minimum Gasteiger partial charge on any atom is -0.336 e. The lowest BCUT2D eigenvalue weighted by Gasteiger charge is -2.26. The number of benzene rings is 4. The highest BCUT2D eigenvalue weighted by atomic mass is 16.3. The number of fused-ring (bicyclic) bond motifs is 3. The number of hydrogen-bond acceptors (Lipinski definition) is 0. The molecule has 4 aromatic carbocycles. The quantitative estimate of drug-likeness (QED) is 0.142. The average molecular weight is 482 g/mol.